The number of amides is 2. The summed E-state index contributed by atoms with van der Waals surface area (Å²) in [6, 6.07) is 8.75. The van der Waals surface area contributed by atoms with Crippen molar-refractivity contribution in [2.45, 2.75) is 6.42 Å². The van der Waals surface area contributed by atoms with Crippen LogP contribution in [0.1, 0.15) is 11.3 Å². The zero-order valence-electron chi connectivity index (χ0n) is 23.7. The first-order valence-electron chi connectivity index (χ1n) is 13.8. The Kier molecular flexibility index (Phi) is 10.5. The fraction of sp³-hybridized carbons (Fsp3) is 0.276. The molecular weight excluding hydrogens is 630 g/mol. The number of nitrogens with one attached hydrogen (secondary N) is 3. The Hall–Kier alpha value is -4.22. The molecule has 2 aromatic carbocycles. The van der Waals surface area contributed by atoms with Crippen molar-refractivity contribution in [3.8, 4) is 16.9 Å². The maximum Gasteiger partial charge on any atom is 0.309 e. The van der Waals surface area contributed by atoms with Crippen LogP contribution in [0, 0.1) is 11.6 Å². The molecule has 45 heavy (non-hydrogen) atoms. The van der Waals surface area contributed by atoms with Crippen molar-refractivity contribution < 1.29 is 37.7 Å². The summed E-state index contributed by atoms with van der Waals surface area (Å²) in [5.41, 5.74) is 4.55. The van der Waals surface area contributed by atoms with Gasteiger partial charge in [0.05, 0.1) is 37.3 Å². The molecule has 0 bridgehead atoms. The Morgan fingerprint density at radius 3 is 2.67 bits per heavy atom. The number of benzene rings is 2. The zero-order valence-corrected chi connectivity index (χ0v) is 25.3. The third kappa shape index (κ3) is 8.49. The number of thioether (sulfide) groups is 1. The van der Waals surface area contributed by atoms with E-state index in [0.29, 0.717) is 54.5 Å². The average molecular weight is 659 g/mol. The molecule has 236 valence electrons. The molecule has 2 amide bonds. The smallest absolute Gasteiger partial charge is 0.309 e. The normalized spacial score (nSPS) is 16.4. The molecule has 12 nitrogen and oxygen atoms in total. The van der Waals surface area contributed by atoms with Gasteiger partial charge in [-0.05, 0) is 41.5 Å². The molecule has 2 fully saturated rings. The second kappa shape index (κ2) is 14.7. The van der Waals surface area contributed by atoms with Gasteiger partial charge in [-0.3, -0.25) is 24.6 Å². The predicted molar refractivity (Wildman–Crippen MR) is 166 cm³/mol. The Balaban J connectivity index is 1.29. The molecule has 2 saturated heterocycles. The van der Waals surface area contributed by atoms with E-state index in [4.69, 9.17) is 26.8 Å². The number of hydrazine groups is 1. The van der Waals surface area contributed by atoms with Gasteiger partial charge < -0.3 is 19.6 Å². The minimum Gasteiger partial charge on any atom is -0.492 e. The number of imidazole rings is 1. The number of aromatic nitrogens is 2. The maximum atomic E-state index is 14.0. The number of thiocarbonyl (C=S) groups is 1. The van der Waals surface area contributed by atoms with E-state index in [2.05, 4.69) is 25.6 Å². The molecule has 3 aromatic rings. The third-order valence-electron chi connectivity index (χ3n) is 6.74. The van der Waals surface area contributed by atoms with Gasteiger partial charge in [-0.2, -0.15) is 0 Å². The lowest BCUT2D eigenvalue weighted by molar-refractivity contribution is -0.136. The van der Waals surface area contributed by atoms with Crippen LogP contribution >= 0.6 is 24.0 Å². The largest absolute Gasteiger partial charge is 0.492 e. The van der Waals surface area contributed by atoms with Crippen LogP contribution < -0.4 is 15.5 Å². The van der Waals surface area contributed by atoms with Crippen molar-refractivity contribution in [1.82, 2.24) is 25.3 Å². The first-order valence-corrected chi connectivity index (χ1v) is 15.0. The SMILES string of the molecule is O=C(O)Cc1cnc(NC(=O)CNN2C(=O)C(=Cc3cc(-c4ccc(F)c(F)c4)ccc3OCCN3CCOCC3)SC2=S)[nH]1. The van der Waals surface area contributed by atoms with E-state index in [9.17, 15) is 23.2 Å². The summed E-state index contributed by atoms with van der Waals surface area (Å²) in [7, 11) is 0. The first kappa shape index (κ1) is 32.2. The lowest BCUT2D eigenvalue weighted by Gasteiger charge is -2.26. The molecule has 16 heteroatoms. The van der Waals surface area contributed by atoms with Gasteiger partial charge in [-0.1, -0.05) is 36.1 Å². The highest BCUT2D eigenvalue weighted by molar-refractivity contribution is 8.26. The van der Waals surface area contributed by atoms with Crippen LogP contribution in [-0.4, -0.2) is 93.1 Å². The van der Waals surface area contributed by atoms with Gasteiger partial charge in [-0.15, -0.1) is 0 Å². The van der Waals surface area contributed by atoms with Gasteiger partial charge in [-0.25, -0.2) is 24.2 Å². The van der Waals surface area contributed by atoms with Gasteiger partial charge in [0.1, 0.15) is 12.4 Å². The highest BCUT2D eigenvalue weighted by Crippen LogP contribution is 2.35. The van der Waals surface area contributed by atoms with Crippen molar-refractivity contribution in [2.75, 3.05) is 51.3 Å². The van der Waals surface area contributed by atoms with E-state index in [1.165, 1.54) is 12.3 Å². The number of aromatic amines is 1. The molecule has 4 N–H and O–H groups in total. The van der Waals surface area contributed by atoms with Crippen LogP contribution in [0.2, 0.25) is 0 Å². The van der Waals surface area contributed by atoms with Gasteiger partial charge in [0, 0.05) is 30.9 Å². The number of aliphatic carboxylic acids is 1. The lowest BCUT2D eigenvalue weighted by Crippen LogP contribution is -2.45. The number of carboxylic acid groups (broad SMARTS) is 1. The van der Waals surface area contributed by atoms with Gasteiger partial charge in [0.2, 0.25) is 11.9 Å². The molecule has 0 atom stereocenters. The Labute approximate surface area is 265 Å². The fourth-order valence-electron chi connectivity index (χ4n) is 4.51. The summed E-state index contributed by atoms with van der Waals surface area (Å²) in [6.45, 7) is 3.61. The quantitative estimate of drug-likeness (QED) is 0.168. The molecule has 0 unspecified atom stereocenters. The number of ether oxygens (including phenoxy) is 2. The summed E-state index contributed by atoms with van der Waals surface area (Å²) in [4.78, 5) is 45.6. The molecule has 0 aliphatic carbocycles. The first-order chi connectivity index (χ1) is 21.7. The van der Waals surface area contributed by atoms with Crippen molar-refractivity contribution >= 4 is 58.1 Å². The molecule has 3 heterocycles. The minimum absolute atomic E-state index is 0.0606. The standard InChI is InChI=1S/C29H28F2N6O6S2/c30-21-3-1-18(12-22(21)31)17-2-4-23(43-10-7-36-5-8-42-9-6-36)19(11-17)13-24-27(41)37(29(44)45-24)33-16-25(38)35-28-32-15-20(34-28)14-26(39)40/h1-4,11-13,15,33H,5-10,14,16H2,(H,39,40)(H2,32,34,35,38). The topological polar surface area (TPSA) is 149 Å². The van der Waals surface area contributed by atoms with Crippen LogP contribution in [-0.2, 0) is 25.5 Å². The Bertz CT molecular complexity index is 1640. The summed E-state index contributed by atoms with van der Waals surface area (Å²) in [5.74, 6) is -3.51. The predicted octanol–water partition coefficient (Wildman–Crippen LogP) is 3.04. The summed E-state index contributed by atoms with van der Waals surface area (Å²) >= 11 is 6.39. The van der Waals surface area contributed by atoms with Gasteiger partial charge >= 0.3 is 5.97 Å². The van der Waals surface area contributed by atoms with E-state index < -0.39 is 29.4 Å². The lowest BCUT2D eigenvalue weighted by atomic mass is 10.0. The molecule has 2 aliphatic rings. The number of H-pyrrole nitrogens is 1. The second-order valence-corrected chi connectivity index (χ2v) is 11.6. The van der Waals surface area contributed by atoms with Gasteiger partial charge in [0.25, 0.3) is 5.91 Å². The van der Waals surface area contributed by atoms with E-state index in [1.807, 2.05) is 0 Å². The van der Waals surface area contributed by atoms with Crippen LogP contribution in [0.15, 0.2) is 47.5 Å². The average Bonchev–Trinajstić information content (AvgIpc) is 3.55. The van der Waals surface area contributed by atoms with Crippen molar-refractivity contribution in [3.63, 3.8) is 0 Å². The van der Waals surface area contributed by atoms with Crippen molar-refractivity contribution in [1.29, 1.82) is 0 Å². The summed E-state index contributed by atoms with van der Waals surface area (Å²) in [6.07, 6.45) is 2.61. The maximum absolute atomic E-state index is 14.0. The number of carboxylic acids is 1. The van der Waals surface area contributed by atoms with Crippen molar-refractivity contribution in [3.05, 3.63) is 70.4 Å². The van der Waals surface area contributed by atoms with E-state index in [0.717, 1.165) is 42.0 Å². The number of rotatable bonds is 12. The van der Waals surface area contributed by atoms with E-state index in [1.54, 1.807) is 24.3 Å². The van der Waals surface area contributed by atoms with E-state index >= 15 is 0 Å². The molecule has 1 aromatic heterocycles. The molecule has 5 rings (SSSR count). The Morgan fingerprint density at radius 2 is 1.91 bits per heavy atom. The number of hydrogen-bond acceptors (Lipinski definition) is 10. The number of hydrogen-bond donors (Lipinski definition) is 4. The highest BCUT2D eigenvalue weighted by Gasteiger charge is 2.33. The number of carbonyl (C=O) groups excluding carboxylic acids is 2. The molecule has 0 radical (unpaired) electrons. The zero-order chi connectivity index (χ0) is 31.9. The highest BCUT2D eigenvalue weighted by atomic mass is 32.2. The van der Waals surface area contributed by atoms with Crippen molar-refractivity contribution in [2.24, 2.45) is 0 Å². The Morgan fingerprint density at radius 1 is 1.16 bits per heavy atom. The van der Waals surface area contributed by atoms with Crippen LogP contribution in [0.5, 0.6) is 5.75 Å². The number of anilines is 1. The third-order valence-corrected chi connectivity index (χ3v) is 8.04. The van der Waals surface area contributed by atoms with E-state index in [-0.39, 0.29) is 28.1 Å². The molecule has 0 saturated carbocycles. The van der Waals surface area contributed by atoms with Crippen LogP contribution in [0.4, 0.5) is 14.7 Å². The van der Waals surface area contributed by atoms with Crippen LogP contribution in [0.3, 0.4) is 0 Å². The number of nitrogens with zero attached hydrogens (tertiary/aromatic N) is 3. The fourth-order valence-corrected chi connectivity index (χ4v) is 5.71. The number of halogens is 2. The number of carbonyl (C=O) groups is 3. The van der Waals surface area contributed by atoms with Crippen LogP contribution in [0.25, 0.3) is 17.2 Å². The molecular formula is C29H28F2N6O6S2. The van der Waals surface area contributed by atoms with Gasteiger partial charge in [0.15, 0.2) is 16.0 Å². The monoisotopic (exact) mass is 658 g/mol. The molecule has 0 spiro atoms. The number of morpholine rings is 1. The minimum atomic E-state index is -1.05. The molecule has 2 aliphatic heterocycles. The summed E-state index contributed by atoms with van der Waals surface area (Å²) in [5, 5.41) is 12.4. The second-order valence-electron chi connectivity index (χ2n) is 9.91. The summed E-state index contributed by atoms with van der Waals surface area (Å²) < 4.78 is 39.2.